The van der Waals surface area contributed by atoms with Crippen LogP contribution in [0.4, 0.5) is 0 Å². The van der Waals surface area contributed by atoms with Gasteiger partial charge in [0.05, 0.1) is 13.2 Å². The third-order valence-corrected chi connectivity index (χ3v) is 2.11. The Labute approximate surface area is 105 Å². The fraction of sp³-hybridized carbons (Fsp3) is 0.643. The molecule has 0 aliphatic rings. The van der Waals surface area contributed by atoms with Gasteiger partial charge in [0.25, 0.3) is 0 Å². The van der Waals surface area contributed by atoms with E-state index < -0.39 is 6.10 Å². The Morgan fingerprint density at radius 2 is 2.00 bits per heavy atom. The molecule has 0 saturated heterocycles. The summed E-state index contributed by atoms with van der Waals surface area (Å²) in [5, 5.41) is 9.75. The van der Waals surface area contributed by atoms with Crippen molar-refractivity contribution >= 4 is 5.97 Å². The third kappa shape index (κ3) is 9.82. The lowest BCUT2D eigenvalue weighted by atomic mass is 10.0. The van der Waals surface area contributed by atoms with Crippen LogP contribution in [0, 0.1) is 0 Å². The van der Waals surface area contributed by atoms with Crippen LogP contribution < -0.4 is 0 Å². The first-order valence-electron chi connectivity index (χ1n) is 6.23. The fourth-order valence-corrected chi connectivity index (χ4v) is 1.18. The Hall–Kier alpha value is -1.09. The lowest BCUT2D eigenvalue weighted by Crippen LogP contribution is -2.12. The van der Waals surface area contributed by atoms with E-state index >= 15 is 0 Å². The van der Waals surface area contributed by atoms with Gasteiger partial charge in [-0.1, -0.05) is 39.0 Å². The van der Waals surface area contributed by atoms with Gasteiger partial charge in [0, 0.05) is 6.42 Å². The van der Waals surface area contributed by atoms with E-state index in [0.717, 1.165) is 12.0 Å². The van der Waals surface area contributed by atoms with Gasteiger partial charge in [0.15, 0.2) is 0 Å². The van der Waals surface area contributed by atoms with Gasteiger partial charge in [-0.05, 0) is 25.3 Å². The molecule has 0 heterocycles. The summed E-state index contributed by atoms with van der Waals surface area (Å²) in [5.74, 6) is -0.288. The topological polar surface area (TPSA) is 46.5 Å². The molecule has 0 aromatic heterocycles. The van der Waals surface area contributed by atoms with Gasteiger partial charge < -0.3 is 9.84 Å². The molecule has 17 heavy (non-hydrogen) atoms. The number of carbonyl (C=O) groups excluding carboxylic acids is 1. The lowest BCUT2D eigenvalue weighted by molar-refractivity contribution is -0.141. The molecule has 0 saturated carbocycles. The highest BCUT2D eigenvalue weighted by atomic mass is 16.5. The monoisotopic (exact) mass is 242 g/mol. The zero-order valence-corrected chi connectivity index (χ0v) is 11.7. The smallest absolute Gasteiger partial charge is 0.305 e. The number of allylic oxidation sites excluding steroid dienone is 2. The molecule has 1 N–H and O–H groups in total. The van der Waals surface area contributed by atoms with Crippen molar-refractivity contribution < 1.29 is 14.6 Å². The summed E-state index contributed by atoms with van der Waals surface area (Å²) in [6.07, 6.45) is 6.72. The van der Waals surface area contributed by atoms with Gasteiger partial charge in [0.1, 0.15) is 0 Å². The maximum absolute atomic E-state index is 10.9. The molecule has 0 fully saturated rings. The second-order valence-corrected chi connectivity index (χ2v) is 3.23. The molecule has 0 aliphatic heterocycles. The maximum Gasteiger partial charge on any atom is 0.305 e. The van der Waals surface area contributed by atoms with Gasteiger partial charge in [-0.3, -0.25) is 4.79 Å². The number of methoxy groups -OCH3 is 1. The molecule has 0 rings (SSSR count). The fourth-order valence-electron chi connectivity index (χ4n) is 1.18. The molecule has 1 atom stereocenters. The van der Waals surface area contributed by atoms with Crippen LogP contribution >= 0.6 is 0 Å². The third-order valence-electron chi connectivity index (χ3n) is 2.11. The number of rotatable bonds is 6. The molecule has 0 bridgehead atoms. The van der Waals surface area contributed by atoms with Crippen molar-refractivity contribution in [2.24, 2.45) is 0 Å². The first-order chi connectivity index (χ1) is 8.15. The molecule has 0 aromatic rings. The van der Waals surface area contributed by atoms with E-state index in [0.29, 0.717) is 6.42 Å². The second kappa shape index (κ2) is 13.0. The number of esters is 1. The molecule has 3 nitrogen and oxygen atoms in total. The Balaban J connectivity index is 0. The van der Waals surface area contributed by atoms with E-state index in [1.807, 2.05) is 45.9 Å². The quantitative estimate of drug-likeness (QED) is 0.574. The number of hydrogen-bond donors (Lipinski definition) is 1. The molecule has 100 valence electrons. The molecule has 0 aliphatic carbocycles. The van der Waals surface area contributed by atoms with Crippen LogP contribution in [0.1, 0.15) is 47.0 Å². The Bertz CT molecular complexity index is 242. The Morgan fingerprint density at radius 1 is 1.41 bits per heavy atom. The number of aliphatic hydroxyl groups is 1. The summed E-state index contributed by atoms with van der Waals surface area (Å²) < 4.78 is 4.51. The van der Waals surface area contributed by atoms with Crippen LogP contribution in [-0.2, 0) is 9.53 Å². The molecule has 1 unspecified atom stereocenters. The summed E-state index contributed by atoms with van der Waals surface area (Å²) in [6.45, 7) is 7.90. The van der Waals surface area contributed by atoms with Crippen molar-refractivity contribution in [3.05, 3.63) is 23.8 Å². The number of carbonyl (C=O) groups is 1. The summed E-state index contributed by atoms with van der Waals surface area (Å²) in [6, 6.07) is 0. The number of hydrogen-bond acceptors (Lipinski definition) is 3. The lowest BCUT2D eigenvalue weighted by Gasteiger charge is -2.10. The number of aliphatic hydroxyl groups excluding tert-OH is 1. The average molecular weight is 242 g/mol. The molecule has 3 heteroatoms. The summed E-state index contributed by atoms with van der Waals surface area (Å²) in [5.41, 5.74) is 0.848. The second-order valence-electron chi connectivity index (χ2n) is 3.23. The van der Waals surface area contributed by atoms with Gasteiger partial charge in [-0.2, -0.15) is 0 Å². The minimum Gasteiger partial charge on any atom is -0.469 e. The molecule has 0 amide bonds. The molecule has 0 spiro atoms. The van der Waals surface area contributed by atoms with Gasteiger partial charge >= 0.3 is 5.97 Å². The van der Waals surface area contributed by atoms with Crippen LogP contribution in [0.2, 0.25) is 0 Å². The first-order valence-corrected chi connectivity index (χ1v) is 6.23. The predicted molar refractivity (Wildman–Crippen MR) is 71.8 cm³/mol. The van der Waals surface area contributed by atoms with E-state index in [1.165, 1.54) is 7.11 Å². The van der Waals surface area contributed by atoms with Crippen molar-refractivity contribution in [2.45, 2.75) is 53.1 Å². The average Bonchev–Trinajstić information content (AvgIpc) is 2.39. The summed E-state index contributed by atoms with van der Waals surface area (Å²) in [4.78, 5) is 10.9. The highest BCUT2D eigenvalue weighted by Crippen LogP contribution is 2.11. The number of ether oxygens (including phenoxy) is 1. The SMILES string of the molecule is C/C=C(\C=C/CC)C(O)CCC(=O)OC.CC. The van der Waals surface area contributed by atoms with Crippen molar-refractivity contribution in [3.63, 3.8) is 0 Å². The first kappa shape index (κ1) is 18.3. The van der Waals surface area contributed by atoms with Crippen LogP contribution in [0.15, 0.2) is 23.8 Å². The standard InChI is InChI=1S/C12H20O3.C2H6/c1-4-6-7-10(5-2)11(13)8-9-12(14)15-3;1-2/h5-7,11,13H,4,8-9H2,1-3H3;1-2H3/b7-6-,10-5+;. The largest absolute Gasteiger partial charge is 0.469 e. The van der Waals surface area contributed by atoms with E-state index in [1.54, 1.807) is 0 Å². The molecular weight excluding hydrogens is 216 g/mol. The van der Waals surface area contributed by atoms with Crippen LogP contribution in [0.3, 0.4) is 0 Å². The minimum absolute atomic E-state index is 0.245. The van der Waals surface area contributed by atoms with E-state index in [4.69, 9.17) is 0 Å². The van der Waals surface area contributed by atoms with Crippen molar-refractivity contribution in [2.75, 3.05) is 7.11 Å². The molecular formula is C14H26O3. The molecule has 0 radical (unpaired) electrons. The Morgan fingerprint density at radius 3 is 2.41 bits per heavy atom. The van der Waals surface area contributed by atoms with Crippen molar-refractivity contribution in [1.82, 2.24) is 0 Å². The van der Waals surface area contributed by atoms with Crippen LogP contribution in [-0.4, -0.2) is 24.3 Å². The minimum atomic E-state index is -0.586. The van der Waals surface area contributed by atoms with E-state index in [2.05, 4.69) is 4.74 Å². The van der Waals surface area contributed by atoms with E-state index in [-0.39, 0.29) is 12.4 Å². The highest BCUT2D eigenvalue weighted by molar-refractivity contribution is 5.69. The molecule has 0 aromatic carbocycles. The zero-order chi connectivity index (χ0) is 13.7. The van der Waals surface area contributed by atoms with Crippen molar-refractivity contribution in [1.29, 1.82) is 0 Å². The van der Waals surface area contributed by atoms with Gasteiger partial charge in [-0.25, -0.2) is 0 Å². The maximum atomic E-state index is 10.9. The summed E-state index contributed by atoms with van der Waals surface area (Å²) in [7, 11) is 1.35. The van der Waals surface area contributed by atoms with E-state index in [9.17, 15) is 9.90 Å². The Kier molecular flexibility index (Phi) is 14.0. The van der Waals surface area contributed by atoms with Crippen LogP contribution in [0.25, 0.3) is 0 Å². The van der Waals surface area contributed by atoms with Gasteiger partial charge in [-0.15, -0.1) is 0 Å². The summed E-state index contributed by atoms with van der Waals surface area (Å²) >= 11 is 0. The zero-order valence-electron chi connectivity index (χ0n) is 11.7. The van der Waals surface area contributed by atoms with Crippen LogP contribution in [0.5, 0.6) is 0 Å². The highest BCUT2D eigenvalue weighted by Gasteiger charge is 2.10. The van der Waals surface area contributed by atoms with Gasteiger partial charge in [0.2, 0.25) is 0 Å². The van der Waals surface area contributed by atoms with Crippen molar-refractivity contribution in [3.8, 4) is 0 Å². The normalized spacial score (nSPS) is 12.9. The predicted octanol–water partition coefficient (Wildman–Crippen LogP) is 3.24.